The molecular weight excluding hydrogens is 390 g/mol. The van der Waals surface area contributed by atoms with Gasteiger partial charge in [0.2, 0.25) is 0 Å². The van der Waals surface area contributed by atoms with Crippen LogP contribution in [0.15, 0.2) is 72.9 Å². The van der Waals surface area contributed by atoms with E-state index in [1.54, 1.807) is 29.3 Å². The first-order chi connectivity index (χ1) is 15.0. The Hall–Kier alpha value is -3.51. The predicted molar refractivity (Wildman–Crippen MR) is 118 cm³/mol. The second-order valence-corrected chi connectivity index (χ2v) is 7.89. The molecule has 1 fully saturated rings. The highest BCUT2D eigenvalue weighted by atomic mass is 16.5. The van der Waals surface area contributed by atoms with E-state index in [0.717, 1.165) is 16.7 Å². The highest BCUT2D eigenvalue weighted by Gasteiger charge is 2.44. The summed E-state index contributed by atoms with van der Waals surface area (Å²) in [5, 5.41) is 0. The van der Waals surface area contributed by atoms with Crippen LogP contribution in [0.1, 0.15) is 21.6 Å². The molecule has 158 valence electrons. The fourth-order valence-electron chi connectivity index (χ4n) is 3.92. The van der Waals surface area contributed by atoms with Crippen LogP contribution in [-0.4, -0.2) is 47.0 Å². The summed E-state index contributed by atoms with van der Waals surface area (Å²) in [7, 11) is 0. The topological polar surface area (TPSA) is 85.5 Å². The van der Waals surface area contributed by atoms with E-state index in [0.29, 0.717) is 18.7 Å². The van der Waals surface area contributed by atoms with E-state index in [9.17, 15) is 9.59 Å². The van der Waals surface area contributed by atoms with Gasteiger partial charge in [-0.1, -0.05) is 60.2 Å². The summed E-state index contributed by atoms with van der Waals surface area (Å²) in [6, 6.07) is 21.5. The Bertz CT molecular complexity index is 1080. The van der Waals surface area contributed by atoms with Gasteiger partial charge in [0.15, 0.2) is 5.60 Å². The fraction of sp³-hybridized carbons (Fsp3) is 0.240. The van der Waals surface area contributed by atoms with Gasteiger partial charge >= 0.3 is 0 Å². The van der Waals surface area contributed by atoms with Crippen molar-refractivity contribution >= 4 is 11.8 Å². The maximum atomic E-state index is 12.8. The van der Waals surface area contributed by atoms with Gasteiger partial charge in [-0.3, -0.25) is 14.6 Å². The molecule has 6 heteroatoms. The number of nitrogens with zero attached hydrogens (tertiary/aromatic N) is 2. The Labute approximate surface area is 181 Å². The zero-order valence-electron chi connectivity index (χ0n) is 17.5. The van der Waals surface area contributed by atoms with Crippen LogP contribution < -0.4 is 5.73 Å². The summed E-state index contributed by atoms with van der Waals surface area (Å²) in [5.41, 5.74) is 9.19. The van der Waals surface area contributed by atoms with Gasteiger partial charge < -0.3 is 15.4 Å². The van der Waals surface area contributed by atoms with Crippen LogP contribution in [0.25, 0.3) is 11.1 Å². The Morgan fingerprint density at radius 3 is 2.55 bits per heavy atom. The number of pyridine rings is 1. The largest absolute Gasteiger partial charge is 0.367 e. The van der Waals surface area contributed by atoms with Crippen LogP contribution >= 0.6 is 0 Å². The van der Waals surface area contributed by atoms with Crippen molar-refractivity contribution in [1.82, 2.24) is 9.88 Å². The van der Waals surface area contributed by atoms with E-state index < -0.39 is 11.5 Å². The average molecular weight is 415 g/mol. The van der Waals surface area contributed by atoms with Crippen molar-refractivity contribution in [3.63, 3.8) is 0 Å². The van der Waals surface area contributed by atoms with Crippen molar-refractivity contribution in [2.24, 2.45) is 5.73 Å². The summed E-state index contributed by atoms with van der Waals surface area (Å²) in [6.45, 7) is 2.78. The van der Waals surface area contributed by atoms with Crippen molar-refractivity contribution in [3.8, 4) is 11.1 Å². The molecule has 1 atom stereocenters. The number of primary amides is 1. The molecule has 2 heterocycles. The van der Waals surface area contributed by atoms with E-state index in [1.165, 1.54) is 5.56 Å². The number of carbonyl (C=O) groups excluding carboxylic acids is 2. The number of aryl methyl sites for hydroxylation is 1. The number of rotatable bonds is 5. The van der Waals surface area contributed by atoms with Gasteiger partial charge in [-0.15, -0.1) is 0 Å². The molecule has 1 aromatic heterocycles. The zero-order valence-corrected chi connectivity index (χ0v) is 17.5. The predicted octanol–water partition coefficient (Wildman–Crippen LogP) is 3.00. The van der Waals surface area contributed by atoms with Gasteiger partial charge in [0, 0.05) is 19.2 Å². The minimum absolute atomic E-state index is 0.0946. The molecule has 2 N–H and O–H groups in total. The lowest BCUT2D eigenvalue weighted by Gasteiger charge is -2.40. The van der Waals surface area contributed by atoms with Crippen LogP contribution in [0.2, 0.25) is 0 Å². The molecule has 1 aliphatic heterocycles. The summed E-state index contributed by atoms with van der Waals surface area (Å²) < 4.78 is 5.89. The second-order valence-electron chi connectivity index (χ2n) is 7.89. The van der Waals surface area contributed by atoms with Crippen LogP contribution in [-0.2, 0) is 16.0 Å². The van der Waals surface area contributed by atoms with E-state index in [2.05, 4.69) is 30.1 Å². The molecule has 2 amide bonds. The molecule has 2 aromatic carbocycles. The van der Waals surface area contributed by atoms with E-state index >= 15 is 0 Å². The maximum absolute atomic E-state index is 12.8. The quantitative estimate of drug-likeness (QED) is 0.694. The van der Waals surface area contributed by atoms with Crippen LogP contribution in [0.5, 0.6) is 0 Å². The summed E-state index contributed by atoms with van der Waals surface area (Å²) in [5.74, 6) is -0.807. The van der Waals surface area contributed by atoms with Gasteiger partial charge in [-0.2, -0.15) is 0 Å². The van der Waals surface area contributed by atoms with Crippen molar-refractivity contribution in [3.05, 3.63) is 89.7 Å². The Morgan fingerprint density at radius 2 is 1.87 bits per heavy atom. The number of hydrogen-bond donors (Lipinski definition) is 1. The molecule has 0 unspecified atom stereocenters. The molecule has 3 aromatic rings. The number of carbonyl (C=O) groups is 2. The van der Waals surface area contributed by atoms with E-state index in [1.807, 2.05) is 30.3 Å². The van der Waals surface area contributed by atoms with E-state index in [4.69, 9.17) is 10.5 Å². The monoisotopic (exact) mass is 415 g/mol. The lowest BCUT2D eigenvalue weighted by Crippen LogP contribution is -2.61. The number of amides is 2. The first kappa shape index (κ1) is 20.8. The molecule has 0 spiro atoms. The van der Waals surface area contributed by atoms with Crippen LogP contribution in [0, 0.1) is 6.92 Å². The number of aromatic nitrogens is 1. The third-order valence-electron chi connectivity index (χ3n) is 5.60. The normalized spacial score (nSPS) is 18.5. The Kier molecular flexibility index (Phi) is 5.82. The van der Waals surface area contributed by atoms with Crippen LogP contribution in [0.3, 0.4) is 0 Å². The van der Waals surface area contributed by atoms with Crippen molar-refractivity contribution in [2.75, 3.05) is 19.7 Å². The van der Waals surface area contributed by atoms with E-state index in [-0.39, 0.29) is 19.1 Å². The number of benzene rings is 2. The van der Waals surface area contributed by atoms with Crippen molar-refractivity contribution < 1.29 is 14.3 Å². The molecule has 1 aliphatic rings. The highest BCUT2D eigenvalue weighted by Crippen LogP contribution is 2.26. The third-order valence-corrected chi connectivity index (χ3v) is 5.60. The SMILES string of the molecule is Cc1cccc(-c2ccc(C[C@]3(C(N)=O)CN(C(=O)c4ccccn4)CCO3)cc2)c1. The summed E-state index contributed by atoms with van der Waals surface area (Å²) in [4.78, 5) is 31.0. The lowest BCUT2D eigenvalue weighted by atomic mass is 9.90. The molecule has 0 saturated carbocycles. The second kappa shape index (κ2) is 8.70. The molecule has 0 radical (unpaired) electrons. The third kappa shape index (κ3) is 4.49. The number of nitrogens with two attached hydrogens (primary N) is 1. The van der Waals surface area contributed by atoms with Gasteiger partial charge in [0.05, 0.1) is 13.2 Å². The summed E-state index contributed by atoms with van der Waals surface area (Å²) >= 11 is 0. The molecule has 31 heavy (non-hydrogen) atoms. The number of hydrogen-bond acceptors (Lipinski definition) is 4. The first-order valence-corrected chi connectivity index (χ1v) is 10.3. The lowest BCUT2D eigenvalue weighted by molar-refractivity contribution is -0.153. The average Bonchev–Trinajstić information content (AvgIpc) is 2.80. The van der Waals surface area contributed by atoms with Gasteiger partial charge in [-0.05, 0) is 35.7 Å². The van der Waals surface area contributed by atoms with Crippen molar-refractivity contribution in [2.45, 2.75) is 18.9 Å². The molecule has 4 rings (SSSR count). The smallest absolute Gasteiger partial charge is 0.272 e. The minimum Gasteiger partial charge on any atom is -0.367 e. The Morgan fingerprint density at radius 1 is 1.06 bits per heavy atom. The molecule has 0 bridgehead atoms. The zero-order chi connectivity index (χ0) is 21.8. The maximum Gasteiger partial charge on any atom is 0.272 e. The van der Waals surface area contributed by atoms with Crippen molar-refractivity contribution in [1.29, 1.82) is 0 Å². The fourth-order valence-corrected chi connectivity index (χ4v) is 3.92. The summed E-state index contributed by atoms with van der Waals surface area (Å²) in [6.07, 6.45) is 1.87. The first-order valence-electron chi connectivity index (χ1n) is 10.3. The van der Waals surface area contributed by atoms with Gasteiger partial charge in [0.1, 0.15) is 5.69 Å². The number of morpholine rings is 1. The van der Waals surface area contributed by atoms with Gasteiger partial charge in [0.25, 0.3) is 11.8 Å². The molecule has 6 nitrogen and oxygen atoms in total. The molecule has 0 aliphatic carbocycles. The highest BCUT2D eigenvalue weighted by molar-refractivity contribution is 5.93. The Balaban J connectivity index is 1.54. The molecule has 1 saturated heterocycles. The van der Waals surface area contributed by atoms with Gasteiger partial charge in [-0.25, -0.2) is 0 Å². The number of ether oxygens (including phenoxy) is 1. The molecular formula is C25H25N3O3. The standard InChI is InChI=1S/C25H25N3O3/c1-18-5-4-6-21(15-18)20-10-8-19(9-11-20)16-25(24(26)30)17-28(13-14-31-25)23(29)22-7-2-3-12-27-22/h2-12,15H,13-14,16-17H2,1H3,(H2,26,30)/t25-/m1/s1. The minimum atomic E-state index is -1.27. The van der Waals surface area contributed by atoms with Crippen LogP contribution in [0.4, 0.5) is 0 Å².